The molecule has 95 heavy (non-hydrogen) atoms. The average Bonchev–Trinajstić information content (AvgIpc) is 1.54. The highest BCUT2D eigenvalue weighted by atomic mass is 16.3. The van der Waals surface area contributed by atoms with Gasteiger partial charge >= 0.3 is 0 Å². The van der Waals surface area contributed by atoms with Gasteiger partial charge in [-0.15, -0.1) is 0 Å². The molecule has 2 aromatic heterocycles. The lowest BCUT2D eigenvalue weighted by Gasteiger charge is -2.31. The van der Waals surface area contributed by atoms with Crippen molar-refractivity contribution in [1.82, 2.24) is 0 Å². The number of benzene rings is 13. The van der Waals surface area contributed by atoms with Gasteiger partial charge in [0.25, 0.3) is 0 Å². The van der Waals surface area contributed by atoms with E-state index in [0.29, 0.717) is 0 Å². The molecule has 0 unspecified atom stereocenters. The first kappa shape index (κ1) is 55.7. The van der Waals surface area contributed by atoms with Gasteiger partial charge in [-0.25, -0.2) is 0 Å². The molecule has 456 valence electrons. The van der Waals surface area contributed by atoms with E-state index in [1.165, 1.54) is 99.4 Å². The summed E-state index contributed by atoms with van der Waals surface area (Å²) in [5.41, 5.74) is 32.1. The molecule has 0 saturated carbocycles. The number of aryl methyl sites for hydroxylation is 2. The van der Waals surface area contributed by atoms with Crippen LogP contribution in [0.15, 0.2) is 264 Å². The van der Waals surface area contributed by atoms with Crippen molar-refractivity contribution in [2.24, 2.45) is 0 Å². The van der Waals surface area contributed by atoms with Gasteiger partial charge in [-0.2, -0.15) is 0 Å². The molecule has 13 aromatic carbocycles. The third-order valence-electron chi connectivity index (χ3n) is 22.3. The number of hydrogen-bond acceptors (Lipinski definition) is 4. The summed E-state index contributed by atoms with van der Waals surface area (Å²) >= 11 is 0. The van der Waals surface area contributed by atoms with Crippen LogP contribution in [0, 0.1) is 13.8 Å². The van der Waals surface area contributed by atoms with Crippen molar-refractivity contribution in [3.05, 3.63) is 305 Å². The Morgan fingerprint density at radius 3 is 1.17 bits per heavy atom. The fourth-order valence-electron chi connectivity index (χ4n) is 17.5. The van der Waals surface area contributed by atoms with Gasteiger partial charge in [0.05, 0.1) is 34.1 Å². The minimum Gasteiger partial charge on any atom is -0.454 e. The molecule has 0 spiro atoms. The summed E-state index contributed by atoms with van der Waals surface area (Å²) in [5, 5.41) is 9.35. The smallest absolute Gasteiger partial charge is 0.159 e. The van der Waals surface area contributed by atoms with Crippen molar-refractivity contribution in [3.8, 4) is 44.5 Å². The second-order valence-corrected chi connectivity index (χ2v) is 28.6. The summed E-state index contributed by atoms with van der Waals surface area (Å²) in [7, 11) is 0. The van der Waals surface area contributed by atoms with Crippen LogP contribution in [0.2, 0.25) is 0 Å². The predicted molar refractivity (Wildman–Crippen MR) is 399 cm³/mol. The molecule has 4 nitrogen and oxygen atoms in total. The van der Waals surface area contributed by atoms with E-state index in [1.54, 1.807) is 0 Å². The number of para-hydroxylation sites is 6. The van der Waals surface area contributed by atoms with E-state index in [2.05, 4.69) is 320 Å². The second kappa shape index (κ2) is 20.0. The summed E-state index contributed by atoms with van der Waals surface area (Å²) in [5.74, 6) is 0. The van der Waals surface area contributed by atoms with Crippen LogP contribution < -0.4 is 9.80 Å². The first-order chi connectivity index (χ1) is 46.3. The molecule has 4 aliphatic carbocycles. The Bertz CT molecular complexity index is 5920. The van der Waals surface area contributed by atoms with E-state index in [4.69, 9.17) is 8.83 Å². The zero-order chi connectivity index (χ0) is 64.0. The lowest BCUT2D eigenvalue weighted by molar-refractivity contribution is 0.649. The van der Waals surface area contributed by atoms with Crippen molar-refractivity contribution < 1.29 is 8.83 Å². The minimum absolute atomic E-state index is 0.312. The highest BCUT2D eigenvalue weighted by molar-refractivity contribution is 6.18. The molecule has 0 bridgehead atoms. The minimum atomic E-state index is -0.375. The molecule has 15 aromatic rings. The maximum absolute atomic E-state index is 7.11. The van der Waals surface area contributed by atoms with Crippen LogP contribution in [0.1, 0.15) is 104 Å². The molecule has 0 fully saturated rings. The summed E-state index contributed by atoms with van der Waals surface area (Å²) in [4.78, 5) is 5.02. The summed E-state index contributed by atoms with van der Waals surface area (Å²) in [6.07, 6.45) is 9.09. The van der Waals surface area contributed by atoms with Gasteiger partial charge in [0.2, 0.25) is 0 Å². The van der Waals surface area contributed by atoms with E-state index in [1.807, 2.05) is 0 Å². The molecule has 0 aliphatic heterocycles. The number of hydrogen-bond donors (Lipinski definition) is 0. The van der Waals surface area contributed by atoms with E-state index in [-0.39, 0.29) is 16.2 Å². The molecule has 0 atom stereocenters. The molecular weight excluding hydrogens is 1150 g/mol. The van der Waals surface area contributed by atoms with Crippen molar-refractivity contribution in [2.75, 3.05) is 9.80 Å². The Hall–Kier alpha value is -10.9. The molecule has 0 radical (unpaired) electrons. The highest BCUT2D eigenvalue weighted by Gasteiger charge is 2.46. The van der Waals surface area contributed by atoms with Crippen LogP contribution in [0.4, 0.5) is 34.1 Å². The largest absolute Gasteiger partial charge is 0.454 e. The topological polar surface area (TPSA) is 32.8 Å². The van der Waals surface area contributed by atoms with Crippen LogP contribution in [0.3, 0.4) is 0 Å². The number of fused-ring (bicyclic) bond motifs is 19. The van der Waals surface area contributed by atoms with Gasteiger partial charge in [0.1, 0.15) is 11.2 Å². The quantitative estimate of drug-likeness (QED) is 0.152. The lowest BCUT2D eigenvalue weighted by atomic mass is 9.78. The van der Waals surface area contributed by atoms with Crippen LogP contribution in [0.25, 0.3) is 116 Å². The van der Waals surface area contributed by atoms with E-state index < -0.39 is 0 Å². The van der Waals surface area contributed by atoms with Crippen LogP contribution in [-0.4, -0.2) is 0 Å². The normalized spacial score (nSPS) is 15.1. The Kier molecular flexibility index (Phi) is 11.7. The van der Waals surface area contributed by atoms with Crippen molar-refractivity contribution in [2.45, 2.75) is 84.5 Å². The van der Waals surface area contributed by atoms with Crippen molar-refractivity contribution in [1.29, 1.82) is 0 Å². The second-order valence-electron chi connectivity index (χ2n) is 28.6. The average molecular weight is 1220 g/mol. The Balaban J connectivity index is 0.788. The summed E-state index contributed by atoms with van der Waals surface area (Å²) < 4.78 is 14.2. The lowest BCUT2D eigenvalue weighted by Crippen LogP contribution is -2.18. The zero-order valence-electron chi connectivity index (χ0n) is 54.9. The van der Waals surface area contributed by atoms with Crippen molar-refractivity contribution >= 4 is 105 Å². The Morgan fingerprint density at radius 2 is 0.674 bits per heavy atom. The maximum Gasteiger partial charge on any atom is 0.159 e. The predicted octanol–water partition coefficient (Wildman–Crippen LogP) is 25.7. The number of nitrogens with zero attached hydrogens (tertiary/aromatic N) is 2. The first-order valence-electron chi connectivity index (χ1n) is 33.8. The standard InChI is InChI=1S/C91H70N2O2/c1-53-27-23-39-63-65-41-25-45-79(87(65)94-85(53)63)92(77-43-21-19-33-57(77)55-29-11-9-12-30-55)81-51-75-83(61-37-17-15-35-59(61)81)69-49-71-67(47-73(69)90(75,5)6)68-48-74-70(50-72(68)89(71,3)4)84-62-38-18-16-36-60(62)82(52-76(84)91(74,7)8)93(78-44-22-20-34-58(78)56-31-13-10-14-32-56)80-46-26-42-66-64-40-24-28-54(2)86(64)95-88(66)80/h9,11-13,15-52H,10,14H2,1-8H3. The summed E-state index contributed by atoms with van der Waals surface area (Å²) in [6, 6.07) is 88.9. The van der Waals surface area contributed by atoms with Gasteiger partial charge < -0.3 is 18.6 Å². The van der Waals surface area contributed by atoms with Gasteiger partial charge in [-0.05, 0) is 187 Å². The summed E-state index contributed by atoms with van der Waals surface area (Å²) in [6.45, 7) is 19.1. The molecule has 0 N–H and O–H groups in total. The fourth-order valence-corrected chi connectivity index (χ4v) is 17.5. The van der Waals surface area contributed by atoms with Crippen LogP contribution in [0.5, 0.6) is 0 Å². The SMILES string of the molecule is Cc1cccc2c1oc1c(N(c3ccccc3C3=CCCC=C3)c3cc4c(c5ccccc35)-c3cc5c(cc3C4(C)C)-c3cc4c(cc3C5(C)C)-c3c(cc(N(c5ccccc5-c5ccccc5)c5cccc6c5oc5c(C)cccc56)c5ccccc35)C4(C)C)cccc12. The number of furan rings is 2. The monoisotopic (exact) mass is 1220 g/mol. The molecule has 0 amide bonds. The molecule has 0 saturated heterocycles. The van der Waals surface area contributed by atoms with Crippen LogP contribution >= 0.6 is 0 Å². The number of anilines is 6. The first-order valence-corrected chi connectivity index (χ1v) is 33.8. The molecule has 2 heterocycles. The Morgan fingerprint density at radius 1 is 0.295 bits per heavy atom. The van der Waals surface area contributed by atoms with E-state index in [0.717, 1.165) is 113 Å². The number of allylic oxidation sites excluding steroid dienone is 4. The zero-order valence-corrected chi connectivity index (χ0v) is 54.9. The molecular formula is C91H70N2O2. The van der Waals surface area contributed by atoms with Crippen LogP contribution in [-0.2, 0) is 16.2 Å². The fraction of sp³-hybridized carbons (Fsp3) is 0.143. The molecule has 19 rings (SSSR count). The molecule has 4 heteroatoms. The Labute approximate surface area is 554 Å². The number of rotatable bonds is 8. The van der Waals surface area contributed by atoms with Gasteiger partial charge in [0.15, 0.2) is 11.2 Å². The van der Waals surface area contributed by atoms with E-state index >= 15 is 0 Å². The van der Waals surface area contributed by atoms with Crippen molar-refractivity contribution in [3.63, 3.8) is 0 Å². The highest BCUT2D eigenvalue weighted by Crippen LogP contribution is 2.63. The van der Waals surface area contributed by atoms with E-state index in [9.17, 15) is 0 Å². The van der Waals surface area contributed by atoms with Gasteiger partial charge in [-0.1, -0.05) is 236 Å². The molecule has 4 aliphatic rings. The third kappa shape index (κ3) is 7.77. The van der Waals surface area contributed by atoms with Gasteiger partial charge in [0, 0.05) is 59.7 Å². The third-order valence-corrected chi connectivity index (χ3v) is 22.3. The maximum atomic E-state index is 7.11. The van der Waals surface area contributed by atoms with Gasteiger partial charge in [-0.3, -0.25) is 0 Å².